The maximum Gasteiger partial charge on any atom is 0.343 e. The first-order chi connectivity index (χ1) is 14.1. The lowest BCUT2D eigenvalue weighted by atomic mass is 10.1. The Morgan fingerprint density at radius 3 is 2.41 bits per heavy atom. The lowest BCUT2D eigenvalue weighted by molar-refractivity contribution is 0.0731. The van der Waals surface area contributed by atoms with Gasteiger partial charge in [-0.2, -0.15) is 0 Å². The summed E-state index contributed by atoms with van der Waals surface area (Å²) in [5, 5.41) is 0.347. The molecule has 0 atom stereocenters. The number of nitrogens with zero attached hydrogens (tertiary/aromatic N) is 1. The van der Waals surface area contributed by atoms with Crippen LogP contribution in [0.3, 0.4) is 0 Å². The highest BCUT2D eigenvalue weighted by atomic mass is 16.5. The largest absolute Gasteiger partial charge is 0.497 e. The molecule has 2 aromatic heterocycles. The van der Waals surface area contributed by atoms with Gasteiger partial charge in [0.1, 0.15) is 11.3 Å². The Morgan fingerprint density at radius 1 is 1.00 bits per heavy atom. The molecule has 4 aromatic rings. The predicted octanol–water partition coefficient (Wildman–Crippen LogP) is 4.39. The van der Waals surface area contributed by atoms with Gasteiger partial charge in [-0.3, -0.25) is 9.78 Å². The first kappa shape index (κ1) is 18.4. The number of benzene rings is 2. The van der Waals surface area contributed by atoms with Gasteiger partial charge in [-0.25, -0.2) is 4.79 Å². The van der Waals surface area contributed by atoms with Crippen molar-refractivity contribution in [3.05, 3.63) is 88.3 Å². The van der Waals surface area contributed by atoms with E-state index in [0.29, 0.717) is 22.3 Å². The van der Waals surface area contributed by atoms with Crippen LogP contribution in [0.15, 0.2) is 76.2 Å². The van der Waals surface area contributed by atoms with Crippen LogP contribution in [0.4, 0.5) is 0 Å². The van der Waals surface area contributed by atoms with Gasteiger partial charge in [0.15, 0.2) is 5.76 Å². The number of pyridine rings is 1. The summed E-state index contributed by atoms with van der Waals surface area (Å²) in [4.78, 5) is 29.7. The third-order valence-electron chi connectivity index (χ3n) is 4.47. The fourth-order valence-corrected chi connectivity index (χ4v) is 2.96. The van der Waals surface area contributed by atoms with Crippen molar-refractivity contribution in [3.8, 4) is 22.8 Å². The summed E-state index contributed by atoms with van der Waals surface area (Å²) in [6.07, 6.45) is 2.96. The molecule has 0 aliphatic rings. The molecule has 0 unspecified atom stereocenters. The van der Waals surface area contributed by atoms with E-state index in [1.807, 2.05) is 13.0 Å². The molecule has 0 fully saturated rings. The Kier molecular flexibility index (Phi) is 4.83. The van der Waals surface area contributed by atoms with E-state index in [2.05, 4.69) is 4.98 Å². The van der Waals surface area contributed by atoms with Gasteiger partial charge in [0.25, 0.3) is 0 Å². The molecule has 0 aliphatic carbocycles. The van der Waals surface area contributed by atoms with E-state index in [-0.39, 0.29) is 17.1 Å². The van der Waals surface area contributed by atoms with Crippen molar-refractivity contribution in [2.75, 3.05) is 7.11 Å². The van der Waals surface area contributed by atoms with Crippen LogP contribution in [0.25, 0.3) is 22.3 Å². The van der Waals surface area contributed by atoms with Crippen molar-refractivity contribution in [1.29, 1.82) is 0 Å². The summed E-state index contributed by atoms with van der Waals surface area (Å²) in [6, 6.07) is 15.3. The molecule has 0 spiro atoms. The van der Waals surface area contributed by atoms with Crippen LogP contribution in [0.2, 0.25) is 0 Å². The number of ether oxygens (including phenoxy) is 2. The Bertz CT molecular complexity index is 1240. The minimum atomic E-state index is -0.665. The van der Waals surface area contributed by atoms with Crippen LogP contribution >= 0.6 is 0 Å². The minimum absolute atomic E-state index is 0.157. The van der Waals surface area contributed by atoms with Crippen molar-refractivity contribution in [2.24, 2.45) is 0 Å². The predicted molar refractivity (Wildman–Crippen MR) is 108 cm³/mol. The highest BCUT2D eigenvalue weighted by Gasteiger charge is 2.21. The monoisotopic (exact) mass is 387 g/mol. The highest BCUT2D eigenvalue weighted by molar-refractivity contribution is 5.92. The molecule has 144 valence electrons. The number of methoxy groups -OCH3 is 1. The smallest absolute Gasteiger partial charge is 0.343 e. The number of fused-ring (bicyclic) bond motifs is 1. The Labute approximate surface area is 166 Å². The molecule has 4 rings (SSSR count). The van der Waals surface area contributed by atoms with E-state index < -0.39 is 11.4 Å². The van der Waals surface area contributed by atoms with E-state index >= 15 is 0 Å². The van der Waals surface area contributed by atoms with E-state index in [1.54, 1.807) is 43.5 Å². The minimum Gasteiger partial charge on any atom is -0.497 e. The van der Waals surface area contributed by atoms with Crippen molar-refractivity contribution in [2.45, 2.75) is 6.92 Å². The summed E-state index contributed by atoms with van der Waals surface area (Å²) in [7, 11) is 1.56. The lowest BCUT2D eigenvalue weighted by Crippen LogP contribution is -2.16. The maximum absolute atomic E-state index is 13.2. The lowest BCUT2D eigenvalue weighted by Gasteiger charge is -2.11. The Hall–Kier alpha value is -3.93. The molecule has 6 nitrogen and oxygen atoms in total. The number of esters is 1. The molecule has 29 heavy (non-hydrogen) atoms. The number of aromatic nitrogens is 1. The van der Waals surface area contributed by atoms with E-state index in [4.69, 9.17) is 13.9 Å². The number of rotatable bonds is 4. The van der Waals surface area contributed by atoms with Gasteiger partial charge in [0.2, 0.25) is 11.2 Å². The van der Waals surface area contributed by atoms with Crippen LogP contribution in [0, 0.1) is 6.92 Å². The molecule has 0 amide bonds. The molecular formula is C23H17NO5. The number of carbonyl (C=O) groups is 1. The average Bonchev–Trinajstić information content (AvgIpc) is 2.76. The second-order valence-electron chi connectivity index (χ2n) is 6.44. The quantitative estimate of drug-likeness (QED) is 0.483. The summed E-state index contributed by atoms with van der Waals surface area (Å²) in [5.74, 6) is 0.01000. The van der Waals surface area contributed by atoms with E-state index in [1.165, 1.54) is 24.5 Å². The molecule has 2 aromatic carbocycles. The second kappa shape index (κ2) is 7.59. The van der Waals surface area contributed by atoms with Crippen molar-refractivity contribution < 1.29 is 18.7 Å². The zero-order valence-electron chi connectivity index (χ0n) is 15.8. The average molecular weight is 387 g/mol. The second-order valence-corrected chi connectivity index (χ2v) is 6.44. The molecule has 0 radical (unpaired) electrons. The zero-order chi connectivity index (χ0) is 20.4. The molecule has 0 aliphatic heterocycles. The number of hydrogen-bond donors (Lipinski definition) is 0. The topological polar surface area (TPSA) is 78.6 Å². The Balaban J connectivity index is 1.90. The normalized spacial score (nSPS) is 10.7. The fraction of sp³-hybridized carbons (Fsp3) is 0.0870. The number of hydrogen-bond acceptors (Lipinski definition) is 6. The Morgan fingerprint density at radius 2 is 1.72 bits per heavy atom. The summed E-state index contributed by atoms with van der Waals surface area (Å²) >= 11 is 0. The van der Waals surface area contributed by atoms with Crippen LogP contribution in [0.1, 0.15) is 15.9 Å². The van der Waals surface area contributed by atoms with Crippen LogP contribution in [0.5, 0.6) is 11.5 Å². The van der Waals surface area contributed by atoms with E-state index in [9.17, 15) is 9.59 Å². The highest BCUT2D eigenvalue weighted by Crippen LogP contribution is 2.32. The van der Waals surface area contributed by atoms with Gasteiger partial charge in [-0.15, -0.1) is 0 Å². The van der Waals surface area contributed by atoms with Gasteiger partial charge < -0.3 is 13.9 Å². The molecule has 0 saturated heterocycles. The van der Waals surface area contributed by atoms with Gasteiger partial charge in [0.05, 0.1) is 18.1 Å². The summed E-state index contributed by atoms with van der Waals surface area (Å²) in [5.41, 5.74) is 1.76. The van der Waals surface area contributed by atoms with Crippen LogP contribution in [-0.2, 0) is 0 Å². The third-order valence-corrected chi connectivity index (χ3v) is 4.47. The first-order valence-corrected chi connectivity index (χ1v) is 8.91. The molecule has 0 bridgehead atoms. The molecule has 0 saturated carbocycles. The van der Waals surface area contributed by atoms with Crippen molar-refractivity contribution >= 4 is 16.9 Å². The third kappa shape index (κ3) is 3.60. The molecular weight excluding hydrogens is 370 g/mol. The van der Waals surface area contributed by atoms with Gasteiger partial charge in [0, 0.05) is 18.0 Å². The SMILES string of the molecule is COc1ccc(-c2oc3ccc(C)cc3c(=O)c2OC(=O)c2ccncc2)cc1. The molecule has 6 heteroatoms. The summed E-state index contributed by atoms with van der Waals surface area (Å²) < 4.78 is 16.7. The zero-order valence-corrected chi connectivity index (χ0v) is 15.8. The standard InChI is InChI=1S/C23H17NO5/c1-14-3-8-19-18(13-14)20(25)22(29-23(26)16-9-11-24-12-10-16)21(28-19)15-4-6-17(27-2)7-5-15/h3-13H,1-2H3. The van der Waals surface area contributed by atoms with Gasteiger partial charge in [-0.1, -0.05) is 11.6 Å². The van der Waals surface area contributed by atoms with Gasteiger partial charge >= 0.3 is 5.97 Å². The van der Waals surface area contributed by atoms with Gasteiger partial charge in [-0.05, 0) is 55.5 Å². The van der Waals surface area contributed by atoms with E-state index in [0.717, 1.165) is 5.56 Å². The number of aryl methyl sites for hydroxylation is 1. The molecule has 2 heterocycles. The fourth-order valence-electron chi connectivity index (χ4n) is 2.96. The van der Waals surface area contributed by atoms with Crippen LogP contribution < -0.4 is 14.9 Å². The van der Waals surface area contributed by atoms with Crippen molar-refractivity contribution in [1.82, 2.24) is 4.98 Å². The first-order valence-electron chi connectivity index (χ1n) is 8.91. The van der Waals surface area contributed by atoms with Crippen molar-refractivity contribution in [3.63, 3.8) is 0 Å². The van der Waals surface area contributed by atoms with Crippen LogP contribution in [-0.4, -0.2) is 18.1 Å². The summed E-state index contributed by atoms with van der Waals surface area (Å²) in [6.45, 7) is 1.87. The number of carbonyl (C=O) groups excluding carboxylic acids is 1. The molecule has 0 N–H and O–H groups in total. The maximum atomic E-state index is 13.2.